The summed E-state index contributed by atoms with van der Waals surface area (Å²) in [6.07, 6.45) is 2.62. The molecule has 1 aromatic carbocycles. The summed E-state index contributed by atoms with van der Waals surface area (Å²) in [5.74, 6) is 0. The Hall–Kier alpha value is -1.40. The van der Waals surface area contributed by atoms with Crippen LogP contribution in [0, 0.1) is 0 Å². The molecule has 2 heterocycles. The minimum atomic E-state index is -0.382. The molecular weight excluding hydrogens is 290 g/mol. The Labute approximate surface area is 137 Å². The smallest absolute Gasteiger partial charge is 0.0845 e. The fraction of sp³-hybridized carbons (Fsp3) is 0.556. The van der Waals surface area contributed by atoms with Crippen molar-refractivity contribution < 1.29 is 9.84 Å². The predicted molar refractivity (Wildman–Crippen MR) is 92.6 cm³/mol. The maximum absolute atomic E-state index is 10.5. The molecule has 2 atom stereocenters. The van der Waals surface area contributed by atoms with Crippen LogP contribution >= 0.6 is 0 Å². The molecule has 3 N–H and O–H groups in total. The van der Waals surface area contributed by atoms with Gasteiger partial charge in [-0.25, -0.2) is 0 Å². The van der Waals surface area contributed by atoms with Crippen LogP contribution in [0.3, 0.4) is 0 Å². The third-order valence-corrected chi connectivity index (χ3v) is 4.39. The lowest BCUT2D eigenvalue weighted by molar-refractivity contribution is 0.0117. The third-order valence-electron chi connectivity index (χ3n) is 4.39. The number of hydrogen-bond donors (Lipinski definition) is 2. The number of fused-ring (bicyclic) bond motifs is 1. The molecule has 0 radical (unpaired) electrons. The highest BCUT2D eigenvalue weighted by Crippen LogP contribution is 2.22. The first-order valence-electron chi connectivity index (χ1n) is 8.44. The highest BCUT2D eigenvalue weighted by Gasteiger charge is 2.17. The molecule has 0 saturated carbocycles. The number of aliphatic hydroxyl groups is 1. The number of para-hydroxylation sites is 1. The number of aromatic nitrogens is 1. The molecule has 126 valence electrons. The molecule has 0 amide bonds. The van der Waals surface area contributed by atoms with E-state index < -0.39 is 0 Å². The van der Waals surface area contributed by atoms with Crippen LogP contribution < -0.4 is 5.73 Å². The molecule has 23 heavy (non-hydrogen) atoms. The fourth-order valence-corrected chi connectivity index (χ4v) is 3.35. The van der Waals surface area contributed by atoms with Gasteiger partial charge in [-0.2, -0.15) is 0 Å². The molecule has 5 heteroatoms. The van der Waals surface area contributed by atoms with Crippen molar-refractivity contribution in [2.75, 3.05) is 32.8 Å². The second-order valence-corrected chi connectivity index (χ2v) is 6.57. The quantitative estimate of drug-likeness (QED) is 0.841. The van der Waals surface area contributed by atoms with Crippen LogP contribution in [0.2, 0.25) is 0 Å². The molecule has 1 aliphatic heterocycles. The van der Waals surface area contributed by atoms with Gasteiger partial charge < -0.3 is 20.1 Å². The second kappa shape index (κ2) is 7.45. The standard InChI is InChI=1S/C18H27N3O2/c1-14(19)10-15-11-21(18-5-3-2-4-17(15)18)13-16(22)12-20-6-8-23-9-7-20/h2-5,11,14,16,22H,6-10,12-13,19H2,1H3. The summed E-state index contributed by atoms with van der Waals surface area (Å²) in [7, 11) is 0. The SMILES string of the molecule is CC(N)Cc1cn(CC(O)CN2CCOCC2)c2ccccc12. The van der Waals surface area contributed by atoms with E-state index in [2.05, 4.69) is 33.9 Å². The zero-order valence-electron chi connectivity index (χ0n) is 13.8. The van der Waals surface area contributed by atoms with Crippen molar-refractivity contribution in [1.29, 1.82) is 0 Å². The number of nitrogens with zero attached hydrogens (tertiary/aromatic N) is 2. The van der Waals surface area contributed by atoms with Gasteiger partial charge in [0.25, 0.3) is 0 Å². The van der Waals surface area contributed by atoms with Gasteiger partial charge in [0.05, 0.1) is 19.3 Å². The average Bonchev–Trinajstić information content (AvgIpc) is 2.86. The molecule has 1 aromatic heterocycles. The van der Waals surface area contributed by atoms with Crippen LogP contribution in [0.1, 0.15) is 12.5 Å². The maximum Gasteiger partial charge on any atom is 0.0845 e. The zero-order valence-corrected chi connectivity index (χ0v) is 13.8. The molecule has 5 nitrogen and oxygen atoms in total. The van der Waals surface area contributed by atoms with E-state index in [1.807, 2.05) is 13.0 Å². The Morgan fingerprint density at radius 1 is 1.22 bits per heavy atom. The lowest BCUT2D eigenvalue weighted by Gasteiger charge is -2.28. The molecule has 1 aliphatic rings. The second-order valence-electron chi connectivity index (χ2n) is 6.57. The summed E-state index contributed by atoms with van der Waals surface area (Å²) in [5, 5.41) is 11.7. The third kappa shape index (κ3) is 4.12. The molecule has 3 rings (SSSR count). The molecule has 0 aliphatic carbocycles. The van der Waals surface area contributed by atoms with Crippen molar-refractivity contribution in [2.24, 2.45) is 5.73 Å². The molecular formula is C18H27N3O2. The van der Waals surface area contributed by atoms with E-state index in [1.54, 1.807) is 0 Å². The Bertz CT molecular complexity index is 632. The highest BCUT2D eigenvalue weighted by atomic mass is 16.5. The van der Waals surface area contributed by atoms with Crippen molar-refractivity contribution in [3.8, 4) is 0 Å². The number of rotatable bonds is 6. The van der Waals surface area contributed by atoms with Gasteiger partial charge in [-0.15, -0.1) is 0 Å². The van der Waals surface area contributed by atoms with Crippen LogP contribution in [0.15, 0.2) is 30.5 Å². The summed E-state index contributed by atoms with van der Waals surface area (Å²) in [6.45, 7) is 6.66. The van der Waals surface area contributed by atoms with E-state index in [4.69, 9.17) is 10.5 Å². The summed E-state index contributed by atoms with van der Waals surface area (Å²) >= 11 is 0. The van der Waals surface area contributed by atoms with Crippen LogP contribution in [-0.4, -0.2) is 59.6 Å². The van der Waals surface area contributed by atoms with Gasteiger partial charge in [-0.05, 0) is 25.0 Å². The van der Waals surface area contributed by atoms with Gasteiger partial charge >= 0.3 is 0 Å². The molecule has 2 aromatic rings. The minimum absolute atomic E-state index is 0.132. The summed E-state index contributed by atoms with van der Waals surface area (Å²) in [6, 6.07) is 8.48. The Morgan fingerprint density at radius 2 is 1.96 bits per heavy atom. The number of β-amino-alcohol motifs (C(OH)–C–C–N with tert-alkyl or cyclic N) is 1. The van der Waals surface area contributed by atoms with Gasteiger partial charge in [-0.1, -0.05) is 18.2 Å². The average molecular weight is 317 g/mol. The van der Waals surface area contributed by atoms with E-state index in [1.165, 1.54) is 16.5 Å². The number of morpholine rings is 1. The van der Waals surface area contributed by atoms with Crippen LogP contribution in [-0.2, 0) is 17.7 Å². The first-order chi connectivity index (χ1) is 11.1. The number of ether oxygens (including phenoxy) is 1. The van der Waals surface area contributed by atoms with E-state index in [0.717, 1.165) is 32.7 Å². The Morgan fingerprint density at radius 3 is 2.70 bits per heavy atom. The van der Waals surface area contributed by atoms with E-state index in [0.29, 0.717) is 13.1 Å². The van der Waals surface area contributed by atoms with Gasteiger partial charge in [0.1, 0.15) is 0 Å². The summed E-state index contributed by atoms with van der Waals surface area (Å²) in [4.78, 5) is 2.27. The molecule has 0 spiro atoms. The number of hydrogen-bond acceptors (Lipinski definition) is 4. The molecule has 1 fully saturated rings. The topological polar surface area (TPSA) is 63.7 Å². The largest absolute Gasteiger partial charge is 0.390 e. The van der Waals surface area contributed by atoms with Gasteiger partial charge in [0, 0.05) is 49.3 Å². The van der Waals surface area contributed by atoms with Crippen molar-refractivity contribution in [3.05, 3.63) is 36.0 Å². The van der Waals surface area contributed by atoms with Gasteiger partial charge in [0.15, 0.2) is 0 Å². The first kappa shape index (κ1) is 16.5. The van der Waals surface area contributed by atoms with E-state index in [9.17, 15) is 5.11 Å². The number of benzene rings is 1. The van der Waals surface area contributed by atoms with Crippen LogP contribution in [0.25, 0.3) is 10.9 Å². The van der Waals surface area contributed by atoms with Crippen LogP contribution in [0.4, 0.5) is 0 Å². The predicted octanol–water partition coefficient (Wildman–Crippen LogP) is 1.22. The van der Waals surface area contributed by atoms with E-state index >= 15 is 0 Å². The van der Waals surface area contributed by atoms with Gasteiger partial charge in [-0.3, -0.25) is 4.90 Å². The van der Waals surface area contributed by atoms with E-state index in [-0.39, 0.29) is 12.1 Å². The maximum atomic E-state index is 10.5. The zero-order chi connectivity index (χ0) is 16.2. The fourth-order valence-electron chi connectivity index (χ4n) is 3.35. The Kier molecular flexibility index (Phi) is 5.33. The van der Waals surface area contributed by atoms with Gasteiger partial charge in [0.2, 0.25) is 0 Å². The molecule has 1 saturated heterocycles. The minimum Gasteiger partial charge on any atom is -0.390 e. The first-order valence-corrected chi connectivity index (χ1v) is 8.44. The van der Waals surface area contributed by atoms with Crippen LogP contribution in [0.5, 0.6) is 0 Å². The summed E-state index contributed by atoms with van der Waals surface area (Å²) in [5.41, 5.74) is 8.40. The Balaban J connectivity index is 1.73. The number of aliphatic hydroxyl groups excluding tert-OH is 1. The lowest BCUT2D eigenvalue weighted by Crippen LogP contribution is -2.41. The highest BCUT2D eigenvalue weighted by molar-refractivity contribution is 5.84. The lowest BCUT2D eigenvalue weighted by atomic mass is 10.1. The summed E-state index contributed by atoms with van der Waals surface area (Å²) < 4.78 is 7.52. The van der Waals surface area contributed by atoms with Crippen molar-refractivity contribution in [1.82, 2.24) is 9.47 Å². The monoisotopic (exact) mass is 317 g/mol. The van der Waals surface area contributed by atoms with Crippen molar-refractivity contribution in [2.45, 2.75) is 32.0 Å². The normalized spacial score (nSPS) is 19.1. The molecule has 2 unspecified atom stereocenters. The van der Waals surface area contributed by atoms with Crippen molar-refractivity contribution >= 4 is 10.9 Å². The van der Waals surface area contributed by atoms with Crippen molar-refractivity contribution in [3.63, 3.8) is 0 Å². The number of nitrogens with two attached hydrogens (primary N) is 1. The molecule has 0 bridgehead atoms.